The van der Waals surface area contributed by atoms with E-state index in [9.17, 15) is 19.1 Å². The van der Waals surface area contributed by atoms with E-state index in [0.717, 1.165) is 11.1 Å². The van der Waals surface area contributed by atoms with Gasteiger partial charge in [0.25, 0.3) is 11.7 Å². The maximum absolute atomic E-state index is 13.7. The second-order valence-corrected chi connectivity index (χ2v) is 7.76. The number of hydrogen-bond donors (Lipinski definition) is 1. The van der Waals surface area contributed by atoms with Crippen molar-refractivity contribution < 1.29 is 19.1 Å². The molecule has 1 amide bonds. The van der Waals surface area contributed by atoms with Crippen LogP contribution in [0.25, 0.3) is 5.76 Å². The summed E-state index contributed by atoms with van der Waals surface area (Å²) in [4.78, 5) is 31.7. The van der Waals surface area contributed by atoms with Crippen molar-refractivity contribution in [1.29, 1.82) is 0 Å². The van der Waals surface area contributed by atoms with E-state index < -0.39 is 23.5 Å². The highest BCUT2D eigenvalue weighted by molar-refractivity contribution is 6.51. The van der Waals surface area contributed by atoms with Crippen LogP contribution in [0.5, 0.6) is 0 Å². The van der Waals surface area contributed by atoms with Gasteiger partial charge in [-0.15, -0.1) is 0 Å². The largest absolute Gasteiger partial charge is 0.507 e. The summed E-state index contributed by atoms with van der Waals surface area (Å²) in [5.41, 5.74) is 3.65. The molecule has 1 unspecified atom stereocenters. The number of aliphatic hydroxyl groups excluding tert-OH is 1. The first-order chi connectivity index (χ1) is 14.8. The summed E-state index contributed by atoms with van der Waals surface area (Å²) in [5, 5.41) is 11.1. The summed E-state index contributed by atoms with van der Waals surface area (Å²) in [6.45, 7) is 5.40. The molecular formula is C25H21FN2O3. The lowest BCUT2D eigenvalue weighted by Crippen LogP contribution is -2.29. The fraction of sp³-hybridized carbons (Fsp3) is 0.160. The first kappa shape index (κ1) is 20.5. The van der Waals surface area contributed by atoms with Crippen LogP contribution < -0.4 is 4.90 Å². The van der Waals surface area contributed by atoms with Gasteiger partial charge in [0.2, 0.25) is 0 Å². The van der Waals surface area contributed by atoms with E-state index in [2.05, 4.69) is 4.98 Å². The van der Waals surface area contributed by atoms with Crippen molar-refractivity contribution >= 4 is 23.1 Å². The fourth-order valence-electron chi connectivity index (χ4n) is 4.00. The van der Waals surface area contributed by atoms with E-state index in [4.69, 9.17) is 0 Å². The molecule has 1 aliphatic rings. The number of anilines is 1. The Bertz CT molecular complexity index is 1210. The Balaban J connectivity index is 1.97. The number of carbonyl (C=O) groups is 2. The fourth-order valence-corrected chi connectivity index (χ4v) is 4.00. The lowest BCUT2D eigenvalue weighted by Gasteiger charge is -2.26. The molecular weight excluding hydrogens is 395 g/mol. The predicted octanol–water partition coefficient (Wildman–Crippen LogP) is 4.77. The maximum Gasteiger partial charge on any atom is 0.300 e. The van der Waals surface area contributed by atoms with Crippen molar-refractivity contribution in [2.24, 2.45) is 0 Å². The van der Waals surface area contributed by atoms with Crippen molar-refractivity contribution in [3.05, 3.63) is 100 Å². The van der Waals surface area contributed by atoms with Crippen LogP contribution in [0, 0.1) is 26.6 Å². The van der Waals surface area contributed by atoms with Gasteiger partial charge in [-0.2, -0.15) is 0 Å². The number of benzene rings is 2. The Labute approximate surface area is 179 Å². The molecule has 1 aromatic heterocycles. The molecule has 2 aromatic carbocycles. The van der Waals surface area contributed by atoms with Crippen LogP contribution in [0.4, 0.5) is 10.1 Å². The number of aryl methyl sites for hydroxylation is 3. The van der Waals surface area contributed by atoms with Crippen LogP contribution in [0.1, 0.15) is 33.9 Å². The smallest absolute Gasteiger partial charge is 0.300 e. The van der Waals surface area contributed by atoms with Gasteiger partial charge in [0.1, 0.15) is 11.6 Å². The van der Waals surface area contributed by atoms with Crippen molar-refractivity contribution in [3.8, 4) is 0 Å². The molecule has 0 aliphatic carbocycles. The third-order valence-corrected chi connectivity index (χ3v) is 5.38. The number of pyridine rings is 1. The molecule has 0 spiro atoms. The number of rotatable bonds is 3. The van der Waals surface area contributed by atoms with Gasteiger partial charge in [-0.25, -0.2) is 4.39 Å². The van der Waals surface area contributed by atoms with Crippen LogP contribution in [-0.2, 0) is 9.59 Å². The Morgan fingerprint density at radius 1 is 0.968 bits per heavy atom. The molecule has 2 heterocycles. The number of aromatic nitrogens is 1. The summed E-state index contributed by atoms with van der Waals surface area (Å²) in [7, 11) is 0. The minimum Gasteiger partial charge on any atom is -0.507 e. The molecule has 31 heavy (non-hydrogen) atoms. The van der Waals surface area contributed by atoms with Crippen molar-refractivity contribution in [3.63, 3.8) is 0 Å². The average Bonchev–Trinajstić information content (AvgIpc) is 3.00. The number of aliphatic hydroxyl groups is 1. The number of hydrogen-bond acceptors (Lipinski definition) is 4. The molecule has 1 saturated heterocycles. The number of amides is 1. The van der Waals surface area contributed by atoms with Gasteiger partial charge >= 0.3 is 0 Å². The molecule has 0 saturated carbocycles. The van der Waals surface area contributed by atoms with E-state index in [0.29, 0.717) is 16.8 Å². The third-order valence-electron chi connectivity index (χ3n) is 5.38. The van der Waals surface area contributed by atoms with E-state index in [-0.39, 0.29) is 16.9 Å². The number of Topliss-reactive ketones (excluding diaryl/α,β-unsaturated/α-hetero) is 1. The first-order valence-electron chi connectivity index (χ1n) is 9.83. The summed E-state index contributed by atoms with van der Waals surface area (Å²) in [6.07, 6.45) is 3.14. The Hall–Kier alpha value is -3.80. The van der Waals surface area contributed by atoms with Gasteiger partial charge in [-0.1, -0.05) is 6.07 Å². The molecule has 0 radical (unpaired) electrons. The number of halogens is 1. The second kappa shape index (κ2) is 7.80. The number of nitrogens with zero attached hydrogens (tertiary/aromatic N) is 2. The molecule has 0 bridgehead atoms. The van der Waals surface area contributed by atoms with Gasteiger partial charge in [0.05, 0.1) is 11.6 Å². The van der Waals surface area contributed by atoms with Gasteiger partial charge in [0, 0.05) is 23.6 Å². The molecule has 1 fully saturated rings. The molecule has 3 aromatic rings. The zero-order valence-electron chi connectivity index (χ0n) is 17.4. The minimum atomic E-state index is -0.838. The number of ketones is 1. The van der Waals surface area contributed by atoms with Crippen molar-refractivity contribution in [2.45, 2.75) is 26.8 Å². The average molecular weight is 416 g/mol. The van der Waals surface area contributed by atoms with Crippen LogP contribution >= 0.6 is 0 Å². The molecule has 6 heteroatoms. The monoisotopic (exact) mass is 416 g/mol. The third kappa shape index (κ3) is 3.61. The zero-order valence-corrected chi connectivity index (χ0v) is 17.4. The van der Waals surface area contributed by atoms with Crippen LogP contribution in [0.3, 0.4) is 0 Å². The van der Waals surface area contributed by atoms with E-state index >= 15 is 0 Å². The highest BCUT2D eigenvalue weighted by Crippen LogP contribution is 2.42. The predicted molar refractivity (Wildman–Crippen MR) is 116 cm³/mol. The second-order valence-electron chi connectivity index (χ2n) is 7.76. The lowest BCUT2D eigenvalue weighted by atomic mass is 9.95. The van der Waals surface area contributed by atoms with Crippen LogP contribution in [-0.4, -0.2) is 21.8 Å². The van der Waals surface area contributed by atoms with Gasteiger partial charge in [-0.3, -0.25) is 19.5 Å². The summed E-state index contributed by atoms with van der Waals surface area (Å²) < 4.78 is 13.7. The molecule has 5 nitrogen and oxygen atoms in total. The topological polar surface area (TPSA) is 70.5 Å². The highest BCUT2D eigenvalue weighted by atomic mass is 19.1. The Kier molecular flexibility index (Phi) is 5.15. The zero-order chi connectivity index (χ0) is 22.3. The molecule has 1 atom stereocenters. The van der Waals surface area contributed by atoms with Gasteiger partial charge in [0.15, 0.2) is 0 Å². The molecule has 1 N–H and O–H groups in total. The molecule has 1 aliphatic heterocycles. The van der Waals surface area contributed by atoms with Crippen LogP contribution in [0.15, 0.2) is 66.5 Å². The van der Waals surface area contributed by atoms with Crippen LogP contribution in [0.2, 0.25) is 0 Å². The maximum atomic E-state index is 13.7. The normalized spacial score (nSPS) is 17.9. The molecule has 156 valence electrons. The molecule has 4 rings (SSSR count). The van der Waals surface area contributed by atoms with Crippen molar-refractivity contribution in [1.82, 2.24) is 4.98 Å². The number of carbonyl (C=O) groups excluding carboxylic acids is 2. The minimum absolute atomic E-state index is 0.0404. The van der Waals surface area contributed by atoms with Gasteiger partial charge in [-0.05, 0) is 85.5 Å². The quantitative estimate of drug-likeness (QED) is 0.379. The summed E-state index contributed by atoms with van der Waals surface area (Å²) in [6, 6.07) is 12.3. The van der Waals surface area contributed by atoms with E-state index in [1.165, 1.54) is 23.1 Å². The van der Waals surface area contributed by atoms with Gasteiger partial charge < -0.3 is 5.11 Å². The summed E-state index contributed by atoms with van der Waals surface area (Å²) >= 11 is 0. The Morgan fingerprint density at radius 3 is 2.23 bits per heavy atom. The SMILES string of the molecule is Cc1cc(C)cc(N2C(=O)C(=O)/C(=C(\O)c3ccc(F)c(C)c3)C2c2ccncc2)c1. The van der Waals surface area contributed by atoms with Crippen molar-refractivity contribution in [2.75, 3.05) is 4.90 Å². The lowest BCUT2D eigenvalue weighted by molar-refractivity contribution is -0.132. The Morgan fingerprint density at radius 2 is 1.61 bits per heavy atom. The highest BCUT2D eigenvalue weighted by Gasteiger charge is 2.47. The van der Waals surface area contributed by atoms with E-state index in [1.807, 2.05) is 32.0 Å². The standard InChI is InChI=1S/C25H21FN2O3/c1-14-10-15(2)12-19(11-14)28-22(17-6-8-27-9-7-17)21(24(30)25(28)31)23(29)18-4-5-20(26)16(3)13-18/h4-13,22,29H,1-3H3/b23-21-. The first-order valence-corrected chi connectivity index (χ1v) is 9.83. The van der Waals surface area contributed by atoms with E-state index in [1.54, 1.807) is 31.5 Å². The summed E-state index contributed by atoms with van der Waals surface area (Å²) in [5.74, 6) is -2.28.